The highest BCUT2D eigenvalue weighted by atomic mass is 32.1. The Kier molecular flexibility index (Phi) is 6.07. The number of thiocarbonyl (C=S) groups is 1. The van der Waals surface area contributed by atoms with Gasteiger partial charge in [-0.05, 0) is 44.1 Å². The smallest absolute Gasteiger partial charge is 0.276 e. The molecule has 0 atom stereocenters. The molecule has 29 heavy (non-hydrogen) atoms. The second-order valence-electron chi connectivity index (χ2n) is 7.18. The van der Waals surface area contributed by atoms with Gasteiger partial charge in [0.25, 0.3) is 5.91 Å². The van der Waals surface area contributed by atoms with Crippen LogP contribution in [0.5, 0.6) is 0 Å². The Morgan fingerprint density at radius 3 is 2.38 bits per heavy atom. The first-order chi connectivity index (χ1) is 13.8. The summed E-state index contributed by atoms with van der Waals surface area (Å²) in [6.07, 6.45) is 4.71. The number of aromatic nitrogens is 1. The summed E-state index contributed by atoms with van der Waals surface area (Å²) in [6.45, 7) is 7.75. The number of hydrogen-bond acceptors (Lipinski definition) is 3. The molecule has 2 amide bonds. The summed E-state index contributed by atoms with van der Waals surface area (Å²) in [6, 6.07) is 6.16. The quantitative estimate of drug-likeness (QED) is 0.540. The van der Waals surface area contributed by atoms with E-state index in [-0.39, 0.29) is 18.4 Å². The number of para-hydroxylation sites is 1. The first-order valence-corrected chi connectivity index (χ1v) is 10.4. The minimum absolute atomic E-state index is 0.0898. The molecule has 1 aromatic carbocycles. The standard InChI is InChI=1S/C22H28N4O2S/c1-6-15-10-9-11-17-16(12-18-21(28)24(5)22(29)23(18)4)13-26(20(15)17)14-19(27)25(7-2)8-3/h9-13H,6-8,14H2,1-5H3/b18-12-. The van der Waals surface area contributed by atoms with Gasteiger partial charge in [-0.2, -0.15) is 0 Å². The Balaban J connectivity index is 2.13. The van der Waals surface area contributed by atoms with Crippen LogP contribution < -0.4 is 0 Å². The molecule has 7 heteroatoms. The van der Waals surface area contributed by atoms with Gasteiger partial charge < -0.3 is 14.4 Å². The zero-order chi connectivity index (χ0) is 21.3. The van der Waals surface area contributed by atoms with Crippen LogP contribution >= 0.6 is 12.2 Å². The average Bonchev–Trinajstić information content (AvgIpc) is 3.15. The summed E-state index contributed by atoms with van der Waals surface area (Å²) in [5.74, 6) is -0.0313. The third kappa shape index (κ3) is 3.67. The molecule has 0 N–H and O–H groups in total. The molecule has 154 valence electrons. The van der Waals surface area contributed by atoms with E-state index in [0.717, 1.165) is 22.9 Å². The summed E-state index contributed by atoms with van der Waals surface area (Å²) >= 11 is 5.32. The van der Waals surface area contributed by atoms with Crippen molar-refractivity contribution in [3.8, 4) is 0 Å². The maximum atomic E-state index is 12.8. The summed E-state index contributed by atoms with van der Waals surface area (Å²) in [4.78, 5) is 30.4. The van der Waals surface area contributed by atoms with Crippen LogP contribution in [0.15, 0.2) is 30.1 Å². The lowest BCUT2D eigenvalue weighted by Crippen LogP contribution is -2.33. The van der Waals surface area contributed by atoms with Crippen molar-refractivity contribution in [3.05, 3.63) is 41.2 Å². The predicted octanol–water partition coefficient (Wildman–Crippen LogP) is 3.10. The SMILES string of the molecule is CCc1cccc2c(/C=C3/C(=O)N(C)C(=S)N3C)cn(CC(=O)N(CC)CC)c12. The first kappa shape index (κ1) is 21.0. The molecule has 2 heterocycles. The Labute approximate surface area is 177 Å². The molecule has 0 bridgehead atoms. The number of amides is 2. The Bertz CT molecular complexity index is 1000. The van der Waals surface area contributed by atoms with Crippen LogP contribution in [0.2, 0.25) is 0 Å². The van der Waals surface area contributed by atoms with Gasteiger partial charge in [0.1, 0.15) is 12.2 Å². The van der Waals surface area contributed by atoms with Gasteiger partial charge in [-0.1, -0.05) is 25.1 Å². The topological polar surface area (TPSA) is 48.8 Å². The molecule has 0 unspecified atom stereocenters. The van der Waals surface area contributed by atoms with Crippen LogP contribution in [0.3, 0.4) is 0 Å². The summed E-state index contributed by atoms with van der Waals surface area (Å²) in [5, 5.41) is 1.52. The number of rotatable bonds is 6. The molecule has 1 aliphatic heterocycles. The van der Waals surface area contributed by atoms with E-state index in [2.05, 4.69) is 13.0 Å². The van der Waals surface area contributed by atoms with Gasteiger partial charge in [0.05, 0.1) is 5.52 Å². The number of fused-ring (bicyclic) bond motifs is 1. The highest BCUT2D eigenvalue weighted by molar-refractivity contribution is 7.80. The van der Waals surface area contributed by atoms with Crippen molar-refractivity contribution in [2.24, 2.45) is 0 Å². The minimum atomic E-state index is -0.121. The second-order valence-corrected chi connectivity index (χ2v) is 7.55. The van der Waals surface area contributed by atoms with Crippen LogP contribution in [0.4, 0.5) is 0 Å². The van der Waals surface area contributed by atoms with E-state index < -0.39 is 0 Å². The van der Waals surface area contributed by atoms with Gasteiger partial charge in [0.2, 0.25) is 5.91 Å². The van der Waals surface area contributed by atoms with E-state index in [1.54, 1.807) is 19.0 Å². The molecule has 1 aromatic heterocycles. The van der Waals surface area contributed by atoms with Gasteiger partial charge in [-0.25, -0.2) is 0 Å². The normalized spacial score (nSPS) is 15.8. The fourth-order valence-electron chi connectivity index (χ4n) is 3.85. The lowest BCUT2D eigenvalue weighted by Gasteiger charge is -2.19. The Morgan fingerprint density at radius 1 is 1.14 bits per heavy atom. The zero-order valence-electron chi connectivity index (χ0n) is 17.7. The van der Waals surface area contributed by atoms with Gasteiger partial charge in [-0.3, -0.25) is 14.5 Å². The van der Waals surface area contributed by atoms with Crippen LogP contribution in [0.1, 0.15) is 31.9 Å². The molecule has 0 radical (unpaired) electrons. The lowest BCUT2D eigenvalue weighted by molar-refractivity contribution is -0.131. The largest absolute Gasteiger partial charge is 0.342 e. The van der Waals surface area contributed by atoms with Crippen molar-refractivity contribution in [3.63, 3.8) is 0 Å². The van der Waals surface area contributed by atoms with Crippen molar-refractivity contribution in [1.29, 1.82) is 0 Å². The highest BCUT2D eigenvalue weighted by Gasteiger charge is 2.33. The maximum Gasteiger partial charge on any atom is 0.276 e. The van der Waals surface area contributed by atoms with Crippen molar-refractivity contribution in [1.82, 2.24) is 19.3 Å². The molecule has 1 aliphatic rings. The zero-order valence-corrected chi connectivity index (χ0v) is 18.5. The molecule has 1 saturated heterocycles. The number of carbonyl (C=O) groups excluding carboxylic acids is 2. The summed E-state index contributed by atoms with van der Waals surface area (Å²) in [5.41, 5.74) is 3.68. The molecule has 6 nitrogen and oxygen atoms in total. The molecular formula is C22H28N4O2S. The number of hydrogen-bond donors (Lipinski definition) is 0. The van der Waals surface area contributed by atoms with Gasteiger partial charge in [-0.15, -0.1) is 0 Å². The molecule has 3 rings (SSSR count). The van der Waals surface area contributed by atoms with Gasteiger partial charge in [0, 0.05) is 44.3 Å². The Hall–Kier alpha value is -2.67. The molecule has 0 saturated carbocycles. The summed E-state index contributed by atoms with van der Waals surface area (Å²) < 4.78 is 2.02. The number of aryl methyl sites for hydroxylation is 1. The average molecular weight is 413 g/mol. The van der Waals surface area contributed by atoms with Crippen LogP contribution in [-0.2, 0) is 22.6 Å². The number of nitrogens with zero attached hydrogens (tertiary/aromatic N) is 4. The van der Waals surface area contributed by atoms with Crippen LogP contribution in [-0.4, -0.2) is 63.4 Å². The highest BCUT2D eigenvalue weighted by Crippen LogP contribution is 2.29. The van der Waals surface area contributed by atoms with E-state index in [4.69, 9.17) is 12.2 Å². The third-order valence-corrected chi connectivity index (χ3v) is 6.11. The fraction of sp³-hybridized carbons (Fsp3) is 0.409. The second kappa shape index (κ2) is 8.37. The molecular weight excluding hydrogens is 384 g/mol. The van der Waals surface area contributed by atoms with Crippen LogP contribution in [0, 0.1) is 0 Å². The van der Waals surface area contributed by atoms with Gasteiger partial charge >= 0.3 is 0 Å². The van der Waals surface area contributed by atoms with E-state index in [1.807, 2.05) is 47.7 Å². The minimum Gasteiger partial charge on any atom is -0.342 e. The molecule has 0 aliphatic carbocycles. The number of benzene rings is 1. The summed E-state index contributed by atoms with van der Waals surface area (Å²) in [7, 11) is 3.49. The molecule has 2 aromatic rings. The lowest BCUT2D eigenvalue weighted by atomic mass is 10.1. The van der Waals surface area contributed by atoms with Crippen molar-refractivity contribution < 1.29 is 9.59 Å². The van der Waals surface area contributed by atoms with Gasteiger partial charge in [0.15, 0.2) is 5.11 Å². The fourth-order valence-corrected chi connectivity index (χ4v) is 4.03. The third-order valence-electron chi connectivity index (χ3n) is 5.57. The molecule has 1 fully saturated rings. The monoisotopic (exact) mass is 412 g/mol. The predicted molar refractivity (Wildman–Crippen MR) is 120 cm³/mol. The van der Waals surface area contributed by atoms with E-state index in [0.29, 0.717) is 23.9 Å². The van der Waals surface area contributed by atoms with Crippen LogP contribution in [0.25, 0.3) is 17.0 Å². The van der Waals surface area contributed by atoms with Crippen molar-refractivity contribution in [2.45, 2.75) is 33.7 Å². The van der Waals surface area contributed by atoms with Crippen molar-refractivity contribution >= 4 is 46.1 Å². The van der Waals surface area contributed by atoms with E-state index in [9.17, 15) is 9.59 Å². The number of likely N-dealkylation sites (N-methyl/N-ethyl adjacent to an activating group) is 3. The number of carbonyl (C=O) groups is 2. The Morgan fingerprint density at radius 2 is 1.83 bits per heavy atom. The van der Waals surface area contributed by atoms with E-state index in [1.165, 1.54) is 10.5 Å². The van der Waals surface area contributed by atoms with E-state index >= 15 is 0 Å². The maximum absolute atomic E-state index is 12.8. The molecule has 0 spiro atoms. The van der Waals surface area contributed by atoms with Crippen molar-refractivity contribution in [2.75, 3.05) is 27.2 Å². The first-order valence-electron chi connectivity index (χ1n) is 9.99.